The van der Waals surface area contributed by atoms with Crippen LogP contribution in [0.1, 0.15) is 20.8 Å². The lowest BCUT2D eigenvalue weighted by Gasteiger charge is -2.21. The second kappa shape index (κ2) is 3.24. The van der Waals surface area contributed by atoms with Crippen molar-refractivity contribution in [2.45, 2.75) is 26.4 Å². The molecule has 1 rings (SSSR count). The van der Waals surface area contributed by atoms with Crippen LogP contribution in [0.2, 0.25) is 0 Å². The Morgan fingerprint density at radius 2 is 1.92 bits per heavy atom. The van der Waals surface area contributed by atoms with Gasteiger partial charge in [0.05, 0.1) is 0 Å². The molecular weight excluding hydrogens is 171 g/mol. The molecule has 3 heteroatoms. The molecular formula is C10H13FO2. The molecule has 0 aliphatic heterocycles. The number of phenols is 1. The van der Waals surface area contributed by atoms with Crippen LogP contribution in [-0.2, 0) is 0 Å². The molecule has 0 spiro atoms. The highest BCUT2D eigenvalue weighted by Crippen LogP contribution is 2.29. The minimum absolute atomic E-state index is 0.171. The quantitative estimate of drug-likeness (QED) is 0.727. The van der Waals surface area contributed by atoms with Crippen LogP contribution < -0.4 is 4.74 Å². The van der Waals surface area contributed by atoms with Gasteiger partial charge in [-0.2, -0.15) is 0 Å². The average Bonchev–Trinajstić information content (AvgIpc) is 1.93. The second-order valence-corrected chi connectivity index (χ2v) is 3.83. The summed E-state index contributed by atoms with van der Waals surface area (Å²) in [6.45, 7) is 5.57. The minimum Gasteiger partial charge on any atom is -0.504 e. The fraction of sp³-hybridized carbons (Fsp3) is 0.400. The maximum absolute atomic E-state index is 12.6. The molecule has 0 saturated heterocycles. The van der Waals surface area contributed by atoms with Crippen molar-refractivity contribution < 1.29 is 14.2 Å². The molecule has 0 bridgehead atoms. The molecule has 72 valence electrons. The van der Waals surface area contributed by atoms with E-state index in [0.29, 0.717) is 5.75 Å². The first kappa shape index (κ1) is 9.84. The zero-order chi connectivity index (χ0) is 10.1. The summed E-state index contributed by atoms with van der Waals surface area (Å²) in [5.41, 5.74) is -0.394. The SMILES string of the molecule is CC(C)(C)Oc1ccc(F)cc1O. The van der Waals surface area contributed by atoms with Crippen molar-refractivity contribution in [3.63, 3.8) is 0 Å². The van der Waals surface area contributed by atoms with Gasteiger partial charge < -0.3 is 9.84 Å². The van der Waals surface area contributed by atoms with Crippen molar-refractivity contribution in [1.82, 2.24) is 0 Å². The molecule has 0 amide bonds. The molecule has 0 unspecified atom stereocenters. The molecule has 1 aromatic carbocycles. The van der Waals surface area contributed by atoms with Crippen LogP contribution in [0.15, 0.2) is 18.2 Å². The van der Waals surface area contributed by atoms with Crippen molar-refractivity contribution in [3.8, 4) is 11.5 Å². The maximum atomic E-state index is 12.6. The van der Waals surface area contributed by atoms with Crippen LogP contribution in [0, 0.1) is 5.82 Å². The van der Waals surface area contributed by atoms with E-state index in [1.165, 1.54) is 12.1 Å². The van der Waals surface area contributed by atoms with Gasteiger partial charge in [-0.3, -0.25) is 0 Å². The highest BCUT2D eigenvalue weighted by Gasteiger charge is 2.14. The van der Waals surface area contributed by atoms with Gasteiger partial charge in [-0.25, -0.2) is 4.39 Å². The number of ether oxygens (including phenoxy) is 1. The van der Waals surface area contributed by atoms with Crippen molar-refractivity contribution >= 4 is 0 Å². The van der Waals surface area contributed by atoms with E-state index in [1.807, 2.05) is 20.8 Å². The fourth-order valence-electron chi connectivity index (χ4n) is 0.907. The number of rotatable bonds is 1. The molecule has 0 radical (unpaired) electrons. The Morgan fingerprint density at radius 1 is 1.31 bits per heavy atom. The first-order valence-electron chi connectivity index (χ1n) is 4.06. The number of halogens is 1. The third-order valence-electron chi connectivity index (χ3n) is 1.34. The first-order chi connectivity index (χ1) is 5.88. The third-order valence-corrected chi connectivity index (χ3v) is 1.34. The van der Waals surface area contributed by atoms with E-state index in [-0.39, 0.29) is 5.75 Å². The minimum atomic E-state index is -0.473. The summed E-state index contributed by atoms with van der Waals surface area (Å²) >= 11 is 0. The van der Waals surface area contributed by atoms with Crippen molar-refractivity contribution in [2.75, 3.05) is 0 Å². The molecule has 0 aromatic heterocycles. The predicted octanol–water partition coefficient (Wildman–Crippen LogP) is 2.71. The largest absolute Gasteiger partial charge is 0.504 e. The van der Waals surface area contributed by atoms with Gasteiger partial charge in [0, 0.05) is 6.07 Å². The standard InChI is InChI=1S/C10H13FO2/c1-10(2,3)13-9-5-4-7(11)6-8(9)12/h4-6,12H,1-3H3. The maximum Gasteiger partial charge on any atom is 0.161 e. The summed E-state index contributed by atoms with van der Waals surface area (Å²) in [6, 6.07) is 3.69. The normalized spacial score (nSPS) is 11.4. The fourth-order valence-corrected chi connectivity index (χ4v) is 0.907. The van der Waals surface area contributed by atoms with Crippen molar-refractivity contribution in [2.24, 2.45) is 0 Å². The molecule has 1 N–H and O–H groups in total. The molecule has 0 heterocycles. The van der Waals surface area contributed by atoms with Crippen LogP contribution in [0.3, 0.4) is 0 Å². The van der Waals surface area contributed by atoms with Gasteiger partial charge in [0.25, 0.3) is 0 Å². The number of aromatic hydroxyl groups is 1. The number of hydrogen-bond donors (Lipinski definition) is 1. The van der Waals surface area contributed by atoms with E-state index in [2.05, 4.69) is 0 Å². The van der Waals surface area contributed by atoms with Gasteiger partial charge in [0.2, 0.25) is 0 Å². The van der Waals surface area contributed by atoms with E-state index >= 15 is 0 Å². The van der Waals surface area contributed by atoms with Gasteiger partial charge >= 0.3 is 0 Å². The number of benzene rings is 1. The predicted molar refractivity (Wildman–Crippen MR) is 48.4 cm³/mol. The van der Waals surface area contributed by atoms with Gasteiger partial charge in [0.15, 0.2) is 11.5 Å². The van der Waals surface area contributed by atoms with Crippen molar-refractivity contribution in [3.05, 3.63) is 24.0 Å². The van der Waals surface area contributed by atoms with Crippen LogP contribution >= 0.6 is 0 Å². The van der Waals surface area contributed by atoms with Crippen LogP contribution in [0.4, 0.5) is 4.39 Å². The Morgan fingerprint density at radius 3 is 2.38 bits per heavy atom. The van der Waals surface area contributed by atoms with Gasteiger partial charge in [-0.1, -0.05) is 0 Å². The lowest BCUT2D eigenvalue weighted by molar-refractivity contribution is 0.125. The first-order valence-corrected chi connectivity index (χ1v) is 4.06. The Balaban J connectivity index is 2.90. The van der Waals surface area contributed by atoms with Gasteiger partial charge in [-0.05, 0) is 32.9 Å². The van der Waals surface area contributed by atoms with E-state index in [0.717, 1.165) is 6.07 Å². The van der Waals surface area contributed by atoms with Crippen LogP contribution in [-0.4, -0.2) is 10.7 Å². The molecule has 13 heavy (non-hydrogen) atoms. The Bertz CT molecular complexity index is 302. The van der Waals surface area contributed by atoms with E-state index in [4.69, 9.17) is 4.74 Å². The smallest absolute Gasteiger partial charge is 0.161 e. The molecule has 0 fully saturated rings. The van der Waals surface area contributed by atoms with E-state index < -0.39 is 11.4 Å². The number of phenolic OH excluding ortho intramolecular Hbond substituents is 1. The lowest BCUT2D eigenvalue weighted by atomic mass is 10.2. The highest BCUT2D eigenvalue weighted by molar-refractivity contribution is 5.38. The Hall–Kier alpha value is -1.25. The summed E-state index contributed by atoms with van der Waals surface area (Å²) in [6.07, 6.45) is 0. The summed E-state index contributed by atoms with van der Waals surface area (Å²) in [4.78, 5) is 0. The molecule has 0 saturated carbocycles. The molecule has 0 aliphatic carbocycles. The van der Waals surface area contributed by atoms with Gasteiger partial charge in [0.1, 0.15) is 11.4 Å². The zero-order valence-corrected chi connectivity index (χ0v) is 7.97. The summed E-state index contributed by atoms with van der Waals surface area (Å²) in [5.74, 6) is -0.345. The third kappa shape index (κ3) is 2.93. The van der Waals surface area contributed by atoms with Crippen LogP contribution in [0.25, 0.3) is 0 Å². The zero-order valence-electron chi connectivity index (χ0n) is 7.97. The highest BCUT2D eigenvalue weighted by atomic mass is 19.1. The van der Waals surface area contributed by atoms with Crippen molar-refractivity contribution in [1.29, 1.82) is 0 Å². The molecule has 0 atom stereocenters. The summed E-state index contributed by atoms with van der Waals surface area (Å²) in [5, 5.41) is 9.29. The van der Waals surface area contributed by atoms with Crippen LogP contribution in [0.5, 0.6) is 11.5 Å². The monoisotopic (exact) mass is 184 g/mol. The molecule has 0 aliphatic rings. The summed E-state index contributed by atoms with van der Waals surface area (Å²) < 4.78 is 17.9. The topological polar surface area (TPSA) is 29.5 Å². The number of hydrogen-bond acceptors (Lipinski definition) is 2. The van der Waals surface area contributed by atoms with E-state index in [9.17, 15) is 9.50 Å². The second-order valence-electron chi connectivity index (χ2n) is 3.83. The average molecular weight is 184 g/mol. The molecule has 2 nitrogen and oxygen atoms in total. The van der Waals surface area contributed by atoms with Gasteiger partial charge in [-0.15, -0.1) is 0 Å². The summed E-state index contributed by atoms with van der Waals surface area (Å²) in [7, 11) is 0. The van der Waals surface area contributed by atoms with E-state index in [1.54, 1.807) is 0 Å². The Kier molecular flexibility index (Phi) is 2.45. The Labute approximate surface area is 77.0 Å². The molecule has 1 aromatic rings. The lowest BCUT2D eigenvalue weighted by Crippen LogP contribution is -2.22.